The van der Waals surface area contributed by atoms with Crippen molar-refractivity contribution in [2.24, 2.45) is 0 Å². The number of rotatable bonds is 10. The summed E-state index contributed by atoms with van der Waals surface area (Å²) >= 11 is 0. The molecule has 0 radical (unpaired) electrons. The molecule has 0 aliphatic carbocycles. The number of hydrogen-bond donors (Lipinski definition) is 3. The second kappa shape index (κ2) is 10.7. The number of carbonyl (C=O) groups excluding carboxylic acids is 1. The van der Waals surface area contributed by atoms with Crippen molar-refractivity contribution >= 4 is 11.6 Å². The number of non-ortho nitro benzene ring substituents is 1. The second-order valence-electron chi connectivity index (χ2n) is 7.43. The van der Waals surface area contributed by atoms with Gasteiger partial charge in [-0.1, -0.05) is 18.2 Å². The first kappa shape index (κ1) is 22.5. The zero-order chi connectivity index (χ0) is 22.2. The minimum atomic E-state index is -0.424. The van der Waals surface area contributed by atoms with Crippen LogP contribution in [0.1, 0.15) is 17.5 Å². The third-order valence-electron chi connectivity index (χ3n) is 5.35. The van der Waals surface area contributed by atoms with Crippen molar-refractivity contribution in [3.05, 3.63) is 63.7 Å². The predicted molar refractivity (Wildman–Crippen MR) is 116 cm³/mol. The zero-order valence-corrected chi connectivity index (χ0v) is 17.7. The number of nitrogens with zero attached hydrogens (tertiary/aromatic N) is 1. The minimum Gasteiger partial charge on any atom is -0.493 e. The van der Waals surface area contributed by atoms with Gasteiger partial charge in [-0.05, 0) is 36.1 Å². The fourth-order valence-corrected chi connectivity index (χ4v) is 3.58. The summed E-state index contributed by atoms with van der Waals surface area (Å²) in [5, 5.41) is 20.4. The summed E-state index contributed by atoms with van der Waals surface area (Å²) in [6, 6.07) is 12.1. The summed E-state index contributed by atoms with van der Waals surface area (Å²) in [5.74, 6) is 1.35. The van der Waals surface area contributed by atoms with Crippen molar-refractivity contribution in [1.82, 2.24) is 16.0 Å². The van der Waals surface area contributed by atoms with Crippen molar-refractivity contribution in [1.29, 1.82) is 0 Å². The Bertz CT molecular complexity index is 903. The molecule has 3 N–H and O–H groups in total. The van der Waals surface area contributed by atoms with Gasteiger partial charge in [-0.3, -0.25) is 14.9 Å². The van der Waals surface area contributed by atoms with Gasteiger partial charge in [-0.25, -0.2) is 0 Å². The minimum absolute atomic E-state index is 0.0303. The van der Waals surface area contributed by atoms with Crippen LogP contribution in [-0.4, -0.2) is 50.2 Å². The maximum Gasteiger partial charge on any atom is 0.269 e. The smallest absolute Gasteiger partial charge is 0.269 e. The summed E-state index contributed by atoms with van der Waals surface area (Å²) in [6.07, 6.45) is 1.33. The van der Waals surface area contributed by atoms with Crippen LogP contribution in [0.15, 0.2) is 42.5 Å². The van der Waals surface area contributed by atoms with Gasteiger partial charge in [0.05, 0.1) is 25.2 Å². The molecule has 1 aliphatic heterocycles. The molecular weight excluding hydrogens is 400 g/mol. The molecule has 1 amide bonds. The van der Waals surface area contributed by atoms with Crippen LogP contribution in [0.25, 0.3) is 0 Å². The number of nitro groups is 1. The number of benzene rings is 2. The number of amides is 1. The highest BCUT2D eigenvalue weighted by Crippen LogP contribution is 2.27. The lowest BCUT2D eigenvalue weighted by Crippen LogP contribution is -2.41. The lowest BCUT2D eigenvalue weighted by atomic mass is 10.1. The molecule has 9 heteroatoms. The Hall–Kier alpha value is -3.17. The van der Waals surface area contributed by atoms with Crippen molar-refractivity contribution in [3.63, 3.8) is 0 Å². The maximum absolute atomic E-state index is 12.4. The van der Waals surface area contributed by atoms with Gasteiger partial charge in [0.25, 0.3) is 5.69 Å². The molecule has 3 rings (SSSR count). The Morgan fingerprint density at radius 2 is 1.84 bits per heavy atom. The molecular formula is C22H28N4O5. The highest BCUT2D eigenvalue weighted by molar-refractivity contribution is 5.82. The summed E-state index contributed by atoms with van der Waals surface area (Å²) in [5.41, 5.74) is 2.09. The molecule has 31 heavy (non-hydrogen) atoms. The molecule has 1 fully saturated rings. The molecule has 0 spiro atoms. The number of ether oxygens (including phenoxy) is 2. The Morgan fingerprint density at radius 3 is 2.52 bits per heavy atom. The Kier molecular flexibility index (Phi) is 7.80. The average Bonchev–Trinajstić information content (AvgIpc) is 3.27. The van der Waals surface area contributed by atoms with Crippen molar-refractivity contribution in [2.75, 3.05) is 27.3 Å². The van der Waals surface area contributed by atoms with Crippen molar-refractivity contribution in [2.45, 2.75) is 31.5 Å². The van der Waals surface area contributed by atoms with E-state index in [0.717, 1.165) is 11.1 Å². The van der Waals surface area contributed by atoms with Crippen molar-refractivity contribution in [3.8, 4) is 11.5 Å². The zero-order valence-electron chi connectivity index (χ0n) is 17.7. The van der Waals surface area contributed by atoms with Gasteiger partial charge in [0, 0.05) is 37.8 Å². The molecule has 2 unspecified atom stereocenters. The van der Waals surface area contributed by atoms with E-state index in [9.17, 15) is 14.9 Å². The van der Waals surface area contributed by atoms with E-state index in [2.05, 4.69) is 16.0 Å². The molecule has 1 aliphatic rings. The van der Waals surface area contributed by atoms with Gasteiger partial charge in [-0.2, -0.15) is 0 Å². The van der Waals surface area contributed by atoms with Crippen LogP contribution in [0.3, 0.4) is 0 Å². The first-order valence-corrected chi connectivity index (χ1v) is 10.2. The molecule has 2 atom stereocenters. The lowest BCUT2D eigenvalue weighted by molar-refractivity contribution is -0.384. The summed E-state index contributed by atoms with van der Waals surface area (Å²) in [6.45, 7) is 1.87. The molecule has 1 saturated heterocycles. The third-order valence-corrected chi connectivity index (χ3v) is 5.35. The van der Waals surface area contributed by atoms with Crippen LogP contribution >= 0.6 is 0 Å². The van der Waals surface area contributed by atoms with Gasteiger partial charge in [0.2, 0.25) is 5.91 Å². The Balaban J connectivity index is 1.40. The highest BCUT2D eigenvalue weighted by atomic mass is 16.6. The number of carbonyl (C=O) groups is 1. The molecule has 9 nitrogen and oxygen atoms in total. The first-order valence-electron chi connectivity index (χ1n) is 10.2. The Labute approximate surface area is 181 Å². The van der Waals surface area contributed by atoms with E-state index >= 15 is 0 Å². The van der Waals surface area contributed by atoms with Gasteiger partial charge >= 0.3 is 0 Å². The van der Waals surface area contributed by atoms with Gasteiger partial charge < -0.3 is 25.4 Å². The van der Waals surface area contributed by atoms with E-state index in [1.807, 2.05) is 18.2 Å². The van der Waals surface area contributed by atoms with Crippen LogP contribution in [0.4, 0.5) is 5.69 Å². The predicted octanol–water partition coefficient (Wildman–Crippen LogP) is 1.79. The van der Waals surface area contributed by atoms with Crippen LogP contribution in [-0.2, 0) is 17.8 Å². The monoisotopic (exact) mass is 428 g/mol. The fourth-order valence-electron chi connectivity index (χ4n) is 3.58. The molecule has 166 valence electrons. The number of nitro benzene ring substituents is 1. The quantitative estimate of drug-likeness (QED) is 0.390. The number of hydrogen-bond acceptors (Lipinski definition) is 7. The molecule has 0 aromatic heterocycles. The normalized spacial score (nSPS) is 17.9. The van der Waals surface area contributed by atoms with E-state index in [-0.39, 0.29) is 23.7 Å². The van der Waals surface area contributed by atoms with Crippen molar-refractivity contribution < 1.29 is 19.2 Å². The first-order chi connectivity index (χ1) is 15.0. The van der Waals surface area contributed by atoms with Crippen LogP contribution < -0.4 is 25.4 Å². The fraction of sp³-hybridized carbons (Fsp3) is 0.409. The molecule has 2 aromatic rings. The highest BCUT2D eigenvalue weighted by Gasteiger charge is 2.28. The van der Waals surface area contributed by atoms with Gasteiger partial charge in [0.15, 0.2) is 11.5 Å². The average molecular weight is 428 g/mol. The Morgan fingerprint density at radius 1 is 1.13 bits per heavy atom. The van der Waals surface area contributed by atoms with E-state index in [4.69, 9.17) is 9.47 Å². The standard InChI is InChI=1S/C22H28N4O5/c1-30-20-8-5-16(11-21(20)31-2)13-24-17-12-19(25-14-17)22(27)23-10-9-15-3-6-18(7-4-15)26(28)29/h3-8,11,17,19,24-25H,9-10,12-14H2,1-2H3,(H,23,27). The maximum atomic E-state index is 12.4. The topological polar surface area (TPSA) is 115 Å². The summed E-state index contributed by atoms with van der Waals surface area (Å²) in [7, 11) is 3.22. The van der Waals surface area contributed by atoms with E-state index in [1.54, 1.807) is 26.4 Å². The number of methoxy groups -OCH3 is 2. The SMILES string of the molecule is COc1ccc(CNC2CNC(C(=O)NCCc3ccc([N+](=O)[O-])cc3)C2)cc1OC. The summed E-state index contributed by atoms with van der Waals surface area (Å²) in [4.78, 5) is 22.7. The second-order valence-corrected chi connectivity index (χ2v) is 7.43. The lowest BCUT2D eigenvalue weighted by Gasteiger charge is -2.14. The molecule has 0 saturated carbocycles. The van der Waals surface area contributed by atoms with Gasteiger partial charge in [-0.15, -0.1) is 0 Å². The number of nitrogens with one attached hydrogen (secondary N) is 3. The largest absolute Gasteiger partial charge is 0.493 e. The van der Waals surface area contributed by atoms with E-state index in [0.29, 0.717) is 44.0 Å². The third kappa shape index (κ3) is 6.16. The van der Waals surface area contributed by atoms with Crippen LogP contribution in [0.2, 0.25) is 0 Å². The van der Waals surface area contributed by atoms with Crippen LogP contribution in [0, 0.1) is 10.1 Å². The molecule has 1 heterocycles. The summed E-state index contributed by atoms with van der Waals surface area (Å²) < 4.78 is 10.6. The molecule has 2 aromatic carbocycles. The van der Waals surface area contributed by atoms with Crippen LogP contribution in [0.5, 0.6) is 11.5 Å². The molecule has 0 bridgehead atoms. The van der Waals surface area contributed by atoms with E-state index < -0.39 is 4.92 Å². The van der Waals surface area contributed by atoms with Gasteiger partial charge in [0.1, 0.15) is 0 Å². The van der Waals surface area contributed by atoms with E-state index in [1.165, 1.54) is 12.1 Å².